The van der Waals surface area contributed by atoms with Crippen molar-refractivity contribution in [3.05, 3.63) is 64.4 Å². The predicted molar refractivity (Wildman–Crippen MR) is 89.8 cm³/mol. The molecule has 0 spiro atoms. The maximum atomic E-state index is 12.8. The first-order valence-corrected chi connectivity index (χ1v) is 7.77. The van der Waals surface area contributed by atoms with Gasteiger partial charge in [0.15, 0.2) is 0 Å². The number of nitrogens with one attached hydrogen (secondary N) is 3. The van der Waals surface area contributed by atoms with Gasteiger partial charge in [-0.25, -0.2) is 9.87 Å². The smallest absolute Gasteiger partial charge is 0.270 e. The van der Waals surface area contributed by atoms with Gasteiger partial charge < -0.3 is 10.6 Å². The highest BCUT2D eigenvalue weighted by molar-refractivity contribution is 9.10. The van der Waals surface area contributed by atoms with E-state index in [9.17, 15) is 14.0 Å². The molecule has 0 aromatic heterocycles. The lowest BCUT2D eigenvalue weighted by atomic mass is 10.1. The van der Waals surface area contributed by atoms with E-state index in [2.05, 4.69) is 26.6 Å². The van der Waals surface area contributed by atoms with Crippen LogP contribution in [0.2, 0.25) is 0 Å². The van der Waals surface area contributed by atoms with Gasteiger partial charge >= 0.3 is 0 Å². The molecule has 0 radical (unpaired) electrons. The van der Waals surface area contributed by atoms with Crippen LogP contribution in [0.5, 0.6) is 0 Å². The average Bonchev–Trinajstić information content (AvgIpc) is 2.59. The van der Waals surface area contributed by atoms with Gasteiger partial charge in [0.1, 0.15) is 11.9 Å². The molecule has 0 saturated heterocycles. The lowest BCUT2D eigenvalue weighted by Gasteiger charge is -2.17. The molecule has 0 heterocycles. The summed E-state index contributed by atoms with van der Waals surface area (Å²) in [5.41, 5.74) is 2.62. The van der Waals surface area contributed by atoms with Crippen molar-refractivity contribution in [2.75, 3.05) is 11.9 Å². The standard InChI is InChI=1S/C16H15BrFN3O3/c17-11-3-1-10(2-4-11)15(16(23)21-24)20-14(22)9-19-13-7-5-12(18)6-8-13/h1-8,15,19,24H,9H2,(H,20,22)(H,21,23)/t15-/m1/s1. The van der Waals surface area contributed by atoms with Crippen molar-refractivity contribution in [1.29, 1.82) is 0 Å². The van der Waals surface area contributed by atoms with Crippen molar-refractivity contribution in [1.82, 2.24) is 10.8 Å². The van der Waals surface area contributed by atoms with E-state index in [-0.39, 0.29) is 12.4 Å². The Balaban J connectivity index is 2.00. The van der Waals surface area contributed by atoms with Gasteiger partial charge in [0.2, 0.25) is 5.91 Å². The summed E-state index contributed by atoms with van der Waals surface area (Å²) >= 11 is 3.28. The molecule has 0 aliphatic heterocycles. The summed E-state index contributed by atoms with van der Waals surface area (Å²) < 4.78 is 13.6. The van der Waals surface area contributed by atoms with Gasteiger partial charge in [-0.2, -0.15) is 0 Å². The van der Waals surface area contributed by atoms with E-state index in [1.165, 1.54) is 29.7 Å². The minimum Gasteiger partial charge on any atom is -0.376 e. The Morgan fingerprint density at radius 2 is 1.71 bits per heavy atom. The zero-order valence-electron chi connectivity index (χ0n) is 12.4. The summed E-state index contributed by atoms with van der Waals surface area (Å²) in [6.07, 6.45) is 0. The van der Waals surface area contributed by atoms with Crippen molar-refractivity contribution >= 4 is 33.4 Å². The van der Waals surface area contributed by atoms with Gasteiger partial charge in [-0.15, -0.1) is 0 Å². The summed E-state index contributed by atoms with van der Waals surface area (Å²) in [6.45, 7) is -0.114. The van der Waals surface area contributed by atoms with Gasteiger partial charge in [-0.1, -0.05) is 28.1 Å². The van der Waals surface area contributed by atoms with Crippen LogP contribution < -0.4 is 16.1 Å². The Morgan fingerprint density at radius 3 is 2.29 bits per heavy atom. The minimum absolute atomic E-state index is 0.114. The van der Waals surface area contributed by atoms with Gasteiger partial charge in [0.05, 0.1) is 6.54 Å². The highest BCUT2D eigenvalue weighted by atomic mass is 79.9. The fraction of sp³-hybridized carbons (Fsp3) is 0.125. The number of carbonyl (C=O) groups excluding carboxylic acids is 2. The Kier molecular flexibility index (Phi) is 6.28. The topological polar surface area (TPSA) is 90.5 Å². The van der Waals surface area contributed by atoms with Gasteiger partial charge in [0.25, 0.3) is 5.91 Å². The second-order valence-electron chi connectivity index (χ2n) is 4.89. The van der Waals surface area contributed by atoms with E-state index in [1.807, 2.05) is 0 Å². The molecule has 8 heteroatoms. The molecule has 1 atom stereocenters. The van der Waals surface area contributed by atoms with Crippen LogP contribution in [0.15, 0.2) is 53.0 Å². The third-order valence-corrected chi connectivity index (χ3v) is 3.71. The Labute approximate surface area is 146 Å². The lowest BCUT2D eigenvalue weighted by Crippen LogP contribution is -2.41. The molecule has 126 valence electrons. The van der Waals surface area contributed by atoms with Crippen LogP contribution in [0, 0.1) is 5.82 Å². The molecule has 24 heavy (non-hydrogen) atoms. The molecule has 0 aliphatic carbocycles. The second kappa shape index (κ2) is 8.42. The highest BCUT2D eigenvalue weighted by Crippen LogP contribution is 2.17. The third kappa shape index (κ3) is 5.04. The normalized spacial score (nSPS) is 11.5. The zero-order chi connectivity index (χ0) is 17.5. The van der Waals surface area contributed by atoms with Gasteiger partial charge in [0, 0.05) is 10.2 Å². The maximum absolute atomic E-state index is 12.8. The molecule has 6 nitrogen and oxygen atoms in total. The summed E-state index contributed by atoms with van der Waals surface area (Å²) in [5, 5.41) is 14.2. The van der Waals surface area contributed by atoms with E-state index in [4.69, 9.17) is 5.21 Å². The van der Waals surface area contributed by atoms with Crippen molar-refractivity contribution in [2.24, 2.45) is 0 Å². The largest absolute Gasteiger partial charge is 0.376 e. The van der Waals surface area contributed by atoms with Crippen LogP contribution in [0.1, 0.15) is 11.6 Å². The second-order valence-corrected chi connectivity index (χ2v) is 5.80. The van der Waals surface area contributed by atoms with Crippen molar-refractivity contribution in [3.8, 4) is 0 Å². The lowest BCUT2D eigenvalue weighted by molar-refractivity contribution is -0.134. The first-order valence-electron chi connectivity index (χ1n) is 6.98. The summed E-state index contributed by atoms with van der Waals surface area (Å²) in [4.78, 5) is 23.8. The Hall–Kier alpha value is -2.45. The SMILES string of the molecule is O=C(CNc1ccc(F)cc1)N[C@@H](C(=O)NO)c1ccc(Br)cc1. The molecule has 0 unspecified atom stereocenters. The first-order chi connectivity index (χ1) is 11.5. The van der Waals surface area contributed by atoms with Crippen molar-refractivity contribution < 1.29 is 19.2 Å². The van der Waals surface area contributed by atoms with Crippen molar-refractivity contribution in [2.45, 2.75) is 6.04 Å². The molecule has 0 fully saturated rings. The van der Waals surface area contributed by atoms with E-state index in [1.54, 1.807) is 24.3 Å². The zero-order valence-corrected chi connectivity index (χ0v) is 14.0. The van der Waals surface area contributed by atoms with Crippen LogP contribution in [-0.4, -0.2) is 23.6 Å². The fourth-order valence-corrected chi connectivity index (χ4v) is 2.25. The van der Waals surface area contributed by atoms with Crippen LogP contribution in [0.3, 0.4) is 0 Å². The number of hydrogen-bond donors (Lipinski definition) is 4. The van der Waals surface area contributed by atoms with Crippen LogP contribution >= 0.6 is 15.9 Å². The molecular formula is C16H15BrFN3O3. The fourth-order valence-electron chi connectivity index (χ4n) is 1.98. The van der Waals surface area contributed by atoms with Crippen LogP contribution in [0.4, 0.5) is 10.1 Å². The molecule has 0 aliphatic rings. The first kappa shape index (κ1) is 17.9. The molecule has 2 rings (SSSR count). The molecule has 0 bridgehead atoms. The number of rotatable bonds is 6. The third-order valence-electron chi connectivity index (χ3n) is 3.18. The van der Waals surface area contributed by atoms with Crippen LogP contribution in [-0.2, 0) is 9.59 Å². The van der Waals surface area contributed by atoms with Crippen molar-refractivity contribution in [3.63, 3.8) is 0 Å². The molecule has 4 N–H and O–H groups in total. The van der Waals surface area contributed by atoms with E-state index in [0.29, 0.717) is 11.3 Å². The molecular weight excluding hydrogens is 381 g/mol. The Morgan fingerprint density at radius 1 is 1.08 bits per heavy atom. The summed E-state index contributed by atoms with van der Waals surface area (Å²) in [7, 11) is 0. The maximum Gasteiger partial charge on any atom is 0.270 e. The molecule has 2 aromatic rings. The number of amides is 2. The number of hydroxylamine groups is 1. The molecule has 2 amide bonds. The van der Waals surface area contributed by atoms with Crippen LogP contribution in [0.25, 0.3) is 0 Å². The number of benzene rings is 2. The molecule has 2 aromatic carbocycles. The molecule has 0 saturated carbocycles. The van der Waals surface area contributed by atoms with E-state index in [0.717, 1.165) is 4.47 Å². The quantitative estimate of drug-likeness (QED) is 0.446. The highest BCUT2D eigenvalue weighted by Gasteiger charge is 2.22. The monoisotopic (exact) mass is 395 g/mol. The average molecular weight is 396 g/mol. The number of carbonyl (C=O) groups is 2. The van der Waals surface area contributed by atoms with E-state index < -0.39 is 17.9 Å². The predicted octanol–water partition coefficient (Wildman–Crippen LogP) is 2.36. The number of hydrogen-bond acceptors (Lipinski definition) is 4. The summed E-state index contributed by atoms with van der Waals surface area (Å²) in [5.74, 6) is -1.59. The van der Waals surface area contributed by atoms with Gasteiger partial charge in [-0.05, 0) is 42.0 Å². The van der Waals surface area contributed by atoms with E-state index >= 15 is 0 Å². The Bertz CT molecular complexity index is 708. The summed E-state index contributed by atoms with van der Waals surface area (Å²) in [6, 6.07) is 11.2. The number of halogens is 2. The minimum atomic E-state index is -1.04. The van der Waals surface area contributed by atoms with Gasteiger partial charge in [-0.3, -0.25) is 14.8 Å². The number of anilines is 1.